The maximum absolute atomic E-state index is 12.7. The van der Waals surface area contributed by atoms with E-state index in [9.17, 15) is 18.0 Å². The van der Waals surface area contributed by atoms with Crippen LogP contribution in [0.2, 0.25) is 0 Å². The third-order valence-corrected chi connectivity index (χ3v) is 8.28. The van der Waals surface area contributed by atoms with Crippen molar-refractivity contribution in [3.05, 3.63) is 30.3 Å². The van der Waals surface area contributed by atoms with Gasteiger partial charge in [-0.3, -0.25) is 9.59 Å². The van der Waals surface area contributed by atoms with E-state index < -0.39 is 10.0 Å². The summed E-state index contributed by atoms with van der Waals surface area (Å²) in [6, 6.07) is 9.45. The van der Waals surface area contributed by atoms with Gasteiger partial charge in [0, 0.05) is 38.1 Å². The number of sulfonamides is 1. The van der Waals surface area contributed by atoms with Crippen LogP contribution < -0.4 is 10.1 Å². The molecule has 9 heteroatoms. The number of benzene rings is 1. The fraction of sp³-hybridized carbons (Fsp3) is 0.652. The topological polar surface area (TPSA) is 96.0 Å². The molecule has 2 heterocycles. The van der Waals surface area contributed by atoms with Crippen LogP contribution in [-0.4, -0.2) is 74.0 Å². The lowest BCUT2D eigenvalue weighted by molar-refractivity contribution is -0.136. The lowest BCUT2D eigenvalue weighted by atomic mass is 9.94. The van der Waals surface area contributed by atoms with Gasteiger partial charge in [-0.2, -0.15) is 0 Å². The van der Waals surface area contributed by atoms with Gasteiger partial charge < -0.3 is 15.0 Å². The second kappa shape index (κ2) is 11.7. The van der Waals surface area contributed by atoms with Crippen LogP contribution in [0.1, 0.15) is 45.4 Å². The van der Waals surface area contributed by atoms with Crippen LogP contribution in [0.5, 0.6) is 5.75 Å². The number of piperidine rings is 2. The molecule has 8 nitrogen and oxygen atoms in total. The van der Waals surface area contributed by atoms with Crippen LogP contribution in [0.15, 0.2) is 30.3 Å². The average Bonchev–Trinajstić information content (AvgIpc) is 2.80. The van der Waals surface area contributed by atoms with Gasteiger partial charge in [0.1, 0.15) is 5.75 Å². The first-order valence-corrected chi connectivity index (χ1v) is 13.2. The molecule has 32 heavy (non-hydrogen) atoms. The zero-order chi connectivity index (χ0) is 23.0. The zero-order valence-corrected chi connectivity index (χ0v) is 19.7. The highest BCUT2D eigenvalue weighted by Crippen LogP contribution is 2.20. The van der Waals surface area contributed by atoms with E-state index >= 15 is 0 Å². The zero-order valence-electron chi connectivity index (χ0n) is 18.9. The molecule has 0 saturated carbocycles. The first kappa shape index (κ1) is 24.5. The number of carbonyl (C=O) groups is 2. The second-order valence-corrected chi connectivity index (χ2v) is 10.7. The lowest BCUT2D eigenvalue weighted by Crippen LogP contribution is -2.49. The molecule has 2 aliphatic heterocycles. The molecule has 0 aliphatic carbocycles. The Hall–Kier alpha value is -2.13. The summed E-state index contributed by atoms with van der Waals surface area (Å²) in [5.41, 5.74) is 0. The number of hydrogen-bond acceptors (Lipinski definition) is 5. The smallest absolute Gasteiger partial charge is 0.225 e. The van der Waals surface area contributed by atoms with Gasteiger partial charge in [0.25, 0.3) is 0 Å². The van der Waals surface area contributed by atoms with Gasteiger partial charge in [0.15, 0.2) is 0 Å². The number of hydrogen-bond donors (Lipinski definition) is 1. The van der Waals surface area contributed by atoms with Crippen molar-refractivity contribution in [2.24, 2.45) is 5.92 Å². The fourth-order valence-electron chi connectivity index (χ4n) is 4.31. The highest BCUT2D eigenvalue weighted by Gasteiger charge is 2.31. The summed E-state index contributed by atoms with van der Waals surface area (Å²) in [6.45, 7) is 4.29. The lowest BCUT2D eigenvalue weighted by Gasteiger charge is -2.34. The number of nitrogens with one attached hydrogen (secondary N) is 1. The van der Waals surface area contributed by atoms with Crippen molar-refractivity contribution in [3.63, 3.8) is 0 Å². The summed E-state index contributed by atoms with van der Waals surface area (Å²) < 4.78 is 31.5. The molecule has 2 amide bonds. The molecule has 0 aromatic heterocycles. The monoisotopic (exact) mass is 465 g/mol. The molecule has 1 aromatic carbocycles. The van der Waals surface area contributed by atoms with Crippen LogP contribution in [0.4, 0.5) is 0 Å². The van der Waals surface area contributed by atoms with Gasteiger partial charge in [-0.1, -0.05) is 25.1 Å². The third kappa shape index (κ3) is 6.93. The Kier molecular flexibility index (Phi) is 8.92. The molecule has 0 atom stereocenters. The SMILES string of the molecule is CCCS(=O)(=O)N1CCC(NC(=O)C2CCN(C(=O)CCOc3ccccc3)CC2)CC1. The third-order valence-electron chi connectivity index (χ3n) is 6.20. The Morgan fingerprint density at radius 1 is 1.03 bits per heavy atom. The Morgan fingerprint density at radius 2 is 1.69 bits per heavy atom. The van der Waals surface area contributed by atoms with Gasteiger partial charge in [-0.15, -0.1) is 0 Å². The molecule has 1 aromatic rings. The second-order valence-electron chi connectivity index (χ2n) is 8.56. The summed E-state index contributed by atoms with van der Waals surface area (Å²) in [6.07, 6.45) is 3.54. The summed E-state index contributed by atoms with van der Waals surface area (Å²) >= 11 is 0. The van der Waals surface area contributed by atoms with Crippen LogP contribution >= 0.6 is 0 Å². The summed E-state index contributed by atoms with van der Waals surface area (Å²) in [7, 11) is -3.17. The predicted molar refractivity (Wildman–Crippen MR) is 123 cm³/mol. The molecule has 2 aliphatic rings. The summed E-state index contributed by atoms with van der Waals surface area (Å²) in [5.74, 6) is 0.922. The van der Waals surface area contributed by atoms with E-state index in [4.69, 9.17) is 4.74 Å². The molecule has 178 valence electrons. The molecule has 2 saturated heterocycles. The standard InChI is InChI=1S/C23H35N3O5S/c1-2-18-32(29,30)26-15-10-20(11-16-26)24-23(28)19-8-13-25(14-9-19)22(27)12-17-31-21-6-4-3-5-7-21/h3-7,19-20H,2,8-18H2,1H3,(H,24,28). The van der Waals surface area contributed by atoms with Crippen LogP contribution in [-0.2, 0) is 19.6 Å². The van der Waals surface area contributed by atoms with Crippen molar-refractivity contribution >= 4 is 21.8 Å². The minimum absolute atomic E-state index is 0.0189. The maximum Gasteiger partial charge on any atom is 0.225 e. The molecule has 0 unspecified atom stereocenters. The first-order chi connectivity index (χ1) is 15.4. The van der Waals surface area contributed by atoms with Crippen LogP contribution in [0.25, 0.3) is 0 Å². The number of carbonyl (C=O) groups excluding carboxylic acids is 2. The molecule has 0 bridgehead atoms. The first-order valence-electron chi connectivity index (χ1n) is 11.6. The number of para-hydroxylation sites is 1. The molecule has 3 rings (SSSR count). The Labute approximate surface area is 191 Å². The van der Waals surface area contributed by atoms with Crippen molar-refractivity contribution < 1.29 is 22.7 Å². The van der Waals surface area contributed by atoms with Gasteiger partial charge in [0.05, 0.1) is 18.8 Å². The molecule has 2 fully saturated rings. The Morgan fingerprint density at radius 3 is 2.31 bits per heavy atom. The quantitative estimate of drug-likeness (QED) is 0.602. The Balaban J connectivity index is 1.34. The fourth-order valence-corrected chi connectivity index (χ4v) is 5.85. The van der Waals surface area contributed by atoms with E-state index in [0.29, 0.717) is 71.3 Å². The number of rotatable bonds is 9. The maximum atomic E-state index is 12.7. The number of ether oxygens (including phenoxy) is 1. The van der Waals surface area contributed by atoms with Gasteiger partial charge in [0.2, 0.25) is 21.8 Å². The van der Waals surface area contributed by atoms with E-state index in [1.165, 1.54) is 0 Å². The molecule has 0 spiro atoms. The molecule has 0 radical (unpaired) electrons. The largest absolute Gasteiger partial charge is 0.493 e. The highest BCUT2D eigenvalue weighted by molar-refractivity contribution is 7.89. The highest BCUT2D eigenvalue weighted by atomic mass is 32.2. The van der Waals surface area contributed by atoms with Crippen LogP contribution in [0, 0.1) is 5.92 Å². The van der Waals surface area contributed by atoms with E-state index in [0.717, 1.165) is 5.75 Å². The molecular formula is C23H35N3O5S. The Bertz CT molecular complexity index is 846. The average molecular weight is 466 g/mol. The van der Waals surface area contributed by atoms with Crippen molar-refractivity contribution in [1.82, 2.24) is 14.5 Å². The molecular weight excluding hydrogens is 430 g/mol. The van der Waals surface area contributed by atoms with Gasteiger partial charge in [-0.25, -0.2) is 12.7 Å². The molecule has 1 N–H and O–H groups in total. The van der Waals surface area contributed by atoms with E-state index in [2.05, 4.69) is 5.32 Å². The minimum atomic E-state index is -3.17. The van der Waals surface area contributed by atoms with Crippen molar-refractivity contribution in [2.45, 2.75) is 51.5 Å². The summed E-state index contributed by atoms with van der Waals surface area (Å²) in [4.78, 5) is 26.9. The predicted octanol–water partition coefficient (Wildman–Crippen LogP) is 2.01. The van der Waals surface area contributed by atoms with E-state index in [1.54, 1.807) is 4.31 Å². The normalized spacial score (nSPS) is 19.0. The number of likely N-dealkylation sites (tertiary alicyclic amines) is 1. The number of nitrogens with zero attached hydrogens (tertiary/aromatic N) is 2. The summed E-state index contributed by atoms with van der Waals surface area (Å²) in [5, 5.41) is 3.11. The van der Waals surface area contributed by atoms with Crippen molar-refractivity contribution in [3.8, 4) is 5.75 Å². The van der Waals surface area contributed by atoms with Crippen molar-refractivity contribution in [1.29, 1.82) is 0 Å². The van der Waals surface area contributed by atoms with Gasteiger partial charge >= 0.3 is 0 Å². The number of amides is 2. The van der Waals surface area contributed by atoms with E-state index in [1.807, 2.05) is 42.2 Å². The van der Waals surface area contributed by atoms with E-state index in [-0.39, 0.29) is 29.5 Å². The minimum Gasteiger partial charge on any atom is -0.493 e. The van der Waals surface area contributed by atoms with Gasteiger partial charge in [-0.05, 0) is 44.2 Å². The van der Waals surface area contributed by atoms with Crippen LogP contribution in [0.3, 0.4) is 0 Å². The van der Waals surface area contributed by atoms with Crippen molar-refractivity contribution in [2.75, 3.05) is 38.5 Å².